The van der Waals surface area contributed by atoms with Gasteiger partial charge in [0.1, 0.15) is 5.03 Å². The average molecular weight is 379 g/mol. The van der Waals surface area contributed by atoms with Crippen LogP contribution in [0.25, 0.3) is 0 Å². The second-order valence-corrected chi connectivity index (χ2v) is 6.79. The van der Waals surface area contributed by atoms with Crippen molar-refractivity contribution in [1.29, 1.82) is 0 Å². The van der Waals surface area contributed by atoms with Crippen LogP contribution in [0.15, 0.2) is 57.0 Å². The second kappa shape index (κ2) is 7.26. The summed E-state index contributed by atoms with van der Waals surface area (Å²) in [5.74, 6) is 0.0241. The number of hydrogen-bond acceptors (Lipinski definition) is 4. The topological polar surface area (TPSA) is 42.4 Å². The number of pyridine rings is 1. The Morgan fingerprint density at radius 3 is 2.64 bits per heavy atom. The zero-order valence-electron chi connectivity index (χ0n) is 11.9. The van der Waals surface area contributed by atoms with Gasteiger partial charge in [-0.25, -0.2) is 4.98 Å². The number of morpholine rings is 1. The Kier molecular flexibility index (Phi) is 5.12. The third-order valence-corrected chi connectivity index (χ3v) is 4.88. The molecule has 1 aromatic heterocycles. The van der Waals surface area contributed by atoms with E-state index in [2.05, 4.69) is 20.9 Å². The molecule has 3 rings (SSSR count). The molecule has 1 amide bonds. The van der Waals surface area contributed by atoms with E-state index in [9.17, 15) is 4.79 Å². The molecule has 22 heavy (non-hydrogen) atoms. The lowest BCUT2D eigenvalue weighted by atomic mass is 10.2. The predicted octanol–water partition coefficient (Wildman–Crippen LogP) is 3.47. The molecule has 0 saturated carbocycles. The van der Waals surface area contributed by atoms with Crippen LogP contribution in [0, 0.1) is 0 Å². The molecule has 2 aromatic rings. The number of hydrogen-bond donors (Lipinski definition) is 0. The van der Waals surface area contributed by atoms with E-state index in [0.29, 0.717) is 31.9 Å². The molecular weight excluding hydrogens is 364 g/mol. The van der Waals surface area contributed by atoms with Gasteiger partial charge in [-0.2, -0.15) is 0 Å². The monoisotopic (exact) mass is 378 g/mol. The van der Waals surface area contributed by atoms with Gasteiger partial charge in [0.25, 0.3) is 5.91 Å². The number of carbonyl (C=O) groups excluding carboxylic acids is 1. The molecule has 4 nitrogen and oxygen atoms in total. The third kappa shape index (κ3) is 3.69. The summed E-state index contributed by atoms with van der Waals surface area (Å²) in [5, 5.41) is 0.737. The first-order valence-corrected chi connectivity index (χ1v) is 8.60. The van der Waals surface area contributed by atoms with Gasteiger partial charge in [0.05, 0.1) is 18.8 Å². The van der Waals surface area contributed by atoms with E-state index < -0.39 is 0 Å². The van der Waals surface area contributed by atoms with E-state index >= 15 is 0 Å². The number of halogens is 1. The maximum absolute atomic E-state index is 12.7. The molecule has 1 aliphatic rings. The molecule has 1 saturated heterocycles. The number of aromatic nitrogens is 1. The van der Waals surface area contributed by atoms with Crippen LogP contribution in [0.3, 0.4) is 0 Å². The summed E-state index contributed by atoms with van der Waals surface area (Å²) in [6, 6.07) is 11.6. The zero-order chi connectivity index (χ0) is 15.4. The fourth-order valence-electron chi connectivity index (χ4n) is 2.19. The molecule has 0 aliphatic carbocycles. The summed E-state index contributed by atoms with van der Waals surface area (Å²) >= 11 is 4.93. The normalized spacial score (nSPS) is 14.9. The number of nitrogens with zero attached hydrogens (tertiary/aromatic N) is 2. The van der Waals surface area contributed by atoms with Crippen molar-refractivity contribution in [1.82, 2.24) is 9.88 Å². The van der Waals surface area contributed by atoms with Crippen LogP contribution in [0.5, 0.6) is 0 Å². The summed E-state index contributed by atoms with van der Waals surface area (Å²) in [6.45, 7) is 2.47. The van der Waals surface area contributed by atoms with E-state index in [1.807, 2.05) is 35.2 Å². The van der Waals surface area contributed by atoms with Crippen molar-refractivity contribution in [2.75, 3.05) is 26.3 Å². The van der Waals surface area contributed by atoms with Gasteiger partial charge in [-0.15, -0.1) is 0 Å². The highest BCUT2D eigenvalue weighted by Gasteiger charge is 2.21. The minimum Gasteiger partial charge on any atom is -0.378 e. The Morgan fingerprint density at radius 2 is 1.91 bits per heavy atom. The molecule has 0 radical (unpaired) electrons. The van der Waals surface area contributed by atoms with Gasteiger partial charge < -0.3 is 9.64 Å². The van der Waals surface area contributed by atoms with Gasteiger partial charge >= 0.3 is 0 Å². The Bertz CT molecular complexity index is 657. The molecule has 2 heterocycles. The quantitative estimate of drug-likeness (QED) is 0.819. The largest absolute Gasteiger partial charge is 0.378 e. The Balaban J connectivity index is 1.82. The molecule has 114 valence electrons. The van der Waals surface area contributed by atoms with Crippen LogP contribution in [0.4, 0.5) is 0 Å². The minimum absolute atomic E-state index is 0.0241. The number of amides is 1. The first-order chi connectivity index (χ1) is 10.7. The highest BCUT2D eigenvalue weighted by molar-refractivity contribution is 9.10. The highest BCUT2D eigenvalue weighted by Crippen LogP contribution is 2.30. The third-order valence-electron chi connectivity index (χ3n) is 3.33. The van der Waals surface area contributed by atoms with Crippen molar-refractivity contribution in [3.63, 3.8) is 0 Å². The van der Waals surface area contributed by atoms with E-state index in [4.69, 9.17) is 4.74 Å². The fraction of sp³-hybridized carbons (Fsp3) is 0.250. The zero-order valence-corrected chi connectivity index (χ0v) is 14.3. The highest BCUT2D eigenvalue weighted by atomic mass is 79.9. The lowest BCUT2D eigenvalue weighted by Gasteiger charge is -2.27. The molecule has 1 aliphatic heterocycles. The Hall–Kier alpha value is -1.37. The van der Waals surface area contributed by atoms with Gasteiger partial charge in [0, 0.05) is 28.7 Å². The first-order valence-electron chi connectivity index (χ1n) is 6.99. The van der Waals surface area contributed by atoms with Crippen molar-refractivity contribution >= 4 is 33.6 Å². The summed E-state index contributed by atoms with van der Waals surface area (Å²) in [5.41, 5.74) is 0.650. The van der Waals surface area contributed by atoms with E-state index in [-0.39, 0.29) is 5.91 Å². The maximum atomic E-state index is 12.7. The smallest absolute Gasteiger partial charge is 0.256 e. The van der Waals surface area contributed by atoms with Gasteiger partial charge in [-0.1, -0.05) is 27.7 Å². The number of ether oxygens (including phenoxy) is 1. The lowest BCUT2D eigenvalue weighted by Crippen LogP contribution is -2.40. The average Bonchev–Trinajstić information content (AvgIpc) is 2.58. The minimum atomic E-state index is 0.0241. The van der Waals surface area contributed by atoms with Gasteiger partial charge in [-0.3, -0.25) is 4.79 Å². The van der Waals surface area contributed by atoms with Crippen molar-refractivity contribution in [3.8, 4) is 0 Å². The van der Waals surface area contributed by atoms with Crippen molar-refractivity contribution in [3.05, 3.63) is 52.6 Å². The predicted molar refractivity (Wildman–Crippen MR) is 89.2 cm³/mol. The first kappa shape index (κ1) is 15.5. The van der Waals surface area contributed by atoms with Crippen LogP contribution in [-0.4, -0.2) is 42.1 Å². The summed E-state index contributed by atoms with van der Waals surface area (Å²) in [6.07, 6.45) is 1.72. The van der Waals surface area contributed by atoms with E-state index in [1.54, 1.807) is 12.3 Å². The van der Waals surface area contributed by atoms with Gasteiger partial charge in [-0.05, 0) is 36.4 Å². The van der Waals surface area contributed by atoms with Gasteiger partial charge in [0.2, 0.25) is 0 Å². The van der Waals surface area contributed by atoms with E-state index in [0.717, 1.165) is 14.4 Å². The van der Waals surface area contributed by atoms with Crippen molar-refractivity contribution < 1.29 is 9.53 Å². The SMILES string of the molecule is O=C(c1cccnc1Sc1ccc(Br)cc1)N1CCOCC1. The van der Waals surface area contributed by atoms with Crippen LogP contribution < -0.4 is 0 Å². The summed E-state index contributed by atoms with van der Waals surface area (Å²) in [4.78, 5) is 19.9. The number of rotatable bonds is 3. The molecule has 0 atom stereocenters. The van der Waals surface area contributed by atoms with Crippen LogP contribution in [0.2, 0.25) is 0 Å². The van der Waals surface area contributed by atoms with Crippen LogP contribution in [-0.2, 0) is 4.74 Å². The molecule has 0 unspecified atom stereocenters. The summed E-state index contributed by atoms with van der Waals surface area (Å²) < 4.78 is 6.33. The van der Waals surface area contributed by atoms with E-state index in [1.165, 1.54) is 11.8 Å². The Morgan fingerprint density at radius 1 is 1.18 bits per heavy atom. The molecule has 1 aromatic carbocycles. The maximum Gasteiger partial charge on any atom is 0.256 e. The van der Waals surface area contributed by atoms with Crippen LogP contribution >= 0.6 is 27.7 Å². The van der Waals surface area contributed by atoms with Crippen molar-refractivity contribution in [2.24, 2.45) is 0 Å². The molecular formula is C16H15BrN2O2S. The second-order valence-electron chi connectivity index (χ2n) is 4.82. The molecule has 1 fully saturated rings. The molecule has 6 heteroatoms. The fourth-order valence-corrected chi connectivity index (χ4v) is 3.32. The van der Waals surface area contributed by atoms with Crippen LogP contribution in [0.1, 0.15) is 10.4 Å². The number of carbonyl (C=O) groups is 1. The Labute approximate surface area is 142 Å². The molecule has 0 spiro atoms. The summed E-state index contributed by atoms with van der Waals surface area (Å²) in [7, 11) is 0. The lowest BCUT2D eigenvalue weighted by molar-refractivity contribution is 0.0300. The van der Waals surface area contributed by atoms with Gasteiger partial charge in [0.15, 0.2) is 0 Å². The number of benzene rings is 1. The van der Waals surface area contributed by atoms with Crippen molar-refractivity contribution in [2.45, 2.75) is 9.92 Å². The molecule has 0 bridgehead atoms. The standard InChI is InChI=1S/C16H15BrN2O2S/c17-12-3-5-13(6-4-12)22-15-14(2-1-7-18-15)16(20)19-8-10-21-11-9-19/h1-7H,8-11H2. The molecule has 0 N–H and O–H groups in total.